The first-order chi connectivity index (χ1) is 14.5. The number of carbonyl (C=O) groups is 1. The van der Waals surface area contributed by atoms with Crippen LogP contribution in [0.25, 0.3) is 10.9 Å². The molecule has 1 atom stereocenters. The van der Waals surface area contributed by atoms with Crippen LogP contribution in [-0.4, -0.2) is 27.4 Å². The van der Waals surface area contributed by atoms with Gasteiger partial charge >= 0.3 is 0 Å². The van der Waals surface area contributed by atoms with E-state index < -0.39 is 5.82 Å². The molecule has 1 fully saturated rings. The van der Waals surface area contributed by atoms with Gasteiger partial charge in [0.05, 0.1) is 22.2 Å². The Morgan fingerprint density at radius 2 is 2.20 bits per heavy atom. The Balaban J connectivity index is 1.69. The monoisotopic (exact) mass is 421 g/mol. The molecule has 5 rings (SSSR count). The quantitative estimate of drug-likeness (QED) is 0.640. The third kappa shape index (κ3) is 2.66. The molecule has 2 aromatic carbocycles. The smallest absolute Gasteiger partial charge is 0.258 e. The van der Waals surface area contributed by atoms with Crippen LogP contribution in [0, 0.1) is 17.1 Å². The van der Waals surface area contributed by atoms with E-state index in [-0.39, 0.29) is 40.2 Å². The first-order valence-corrected chi connectivity index (χ1v) is 10.2. The Kier molecular flexibility index (Phi) is 4.37. The Morgan fingerprint density at radius 1 is 1.37 bits per heavy atom. The van der Waals surface area contributed by atoms with Crippen molar-refractivity contribution in [2.75, 3.05) is 6.54 Å². The summed E-state index contributed by atoms with van der Waals surface area (Å²) in [5.74, 6) is -0.906. The van der Waals surface area contributed by atoms with Gasteiger partial charge in [0, 0.05) is 30.1 Å². The van der Waals surface area contributed by atoms with E-state index in [1.165, 1.54) is 12.3 Å². The van der Waals surface area contributed by atoms with Crippen LogP contribution in [0.4, 0.5) is 4.39 Å². The summed E-state index contributed by atoms with van der Waals surface area (Å²) in [5.41, 5.74) is 2.48. The summed E-state index contributed by atoms with van der Waals surface area (Å²) in [6.45, 7) is 0.617. The normalized spacial score (nSPS) is 17.7. The first-order valence-electron chi connectivity index (χ1n) is 9.82. The molecule has 5 nitrogen and oxygen atoms in total. The number of amides is 1. The molecule has 1 amide bonds. The number of rotatable bonds is 2. The molecule has 150 valence electrons. The highest BCUT2D eigenvalue weighted by atomic mass is 35.5. The second kappa shape index (κ2) is 6.96. The molecule has 0 spiro atoms. The van der Waals surface area contributed by atoms with Crippen LogP contribution >= 0.6 is 11.6 Å². The maximum Gasteiger partial charge on any atom is 0.258 e. The number of halogens is 2. The highest BCUT2D eigenvalue weighted by Crippen LogP contribution is 2.48. The zero-order chi connectivity index (χ0) is 21.0. The van der Waals surface area contributed by atoms with E-state index in [0.29, 0.717) is 34.2 Å². The number of nitriles is 1. The Bertz CT molecular complexity index is 1270. The molecule has 1 saturated heterocycles. The fourth-order valence-corrected chi connectivity index (χ4v) is 4.89. The summed E-state index contributed by atoms with van der Waals surface area (Å²) < 4.78 is 14.3. The number of phenols is 1. The summed E-state index contributed by atoms with van der Waals surface area (Å²) in [5, 5.41) is 21.4. The zero-order valence-electron chi connectivity index (χ0n) is 16.0. The molecule has 0 unspecified atom stereocenters. The van der Waals surface area contributed by atoms with Gasteiger partial charge in [-0.25, -0.2) is 4.39 Å². The van der Waals surface area contributed by atoms with Gasteiger partial charge in [-0.05, 0) is 42.5 Å². The predicted octanol–water partition coefficient (Wildman–Crippen LogP) is 4.88. The summed E-state index contributed by atoms with van der Waals surface area (Å²) in [6.07, 6.45) is 4.41. The second-order valence-electron chi connectivity index (χ2n) is 7.76. The molecular weight excluding hydrogens is 405 g/mol. The van der Waals surface area contributed by atoms with Crippen LogP contribution in [0.1, 0.15) is 57.9 Å². The van der Waals surface area contributed by atoms with Crippen LogP contribution in [0.3, 0.4) is 0 Å². The van der Waals surface area contributed by atoms with Gasteiger partial charge in [-0.15, -0.1) is 0 Å². The average molecular weight is 422 g/mol. The largest absolute Gasteiger partial charge is 0.505 e. The molecule has 1 aromatic heterocycles. The Hall–Kier alpha value is -3.17. The van der Waals surface area contributed by atoms with E-state index in [9.17, 15) is 19.6 Å². The van der Waals surface area contributed by atoms with Gasteiger partial charge in [-0.2, -0.15) is 5.26 Å². The number of phenolic OH excluding ortho intramolecular Hbond substituents is 1. The lowest BCUT2D eigenvalue weighted by Gasteiger charge is -2.30. The highest BCUT2D eigenvalue weighted by Gasteiger charge is 2.43. The van der Waals surface area contributed by atoms with Gasteiger partial charge in [0.1, 0.15) is 17.4 Å². The number of carbonyl (C=O) groups excluding carboxylic acids is 1. The maximum absolute atomic E-state index is 14.3. The Labute approximate surface area is 177 Å². The minimum atomic E-state index is -0.486. The number of nitrogens with zero attached hydrogens (tertiary/aromatic N) is 3. The second-order valence-corrected chi connectivity index (χ2v) is 8.17. The van der Waals surface area contributed by atoms with Crippen molar-refractivity contribution in [3.05, 3.63) is 69.1 Å². The van der Waals surface area contributed by atoms with Crippen molar-refractivity contribution in [2.24, 2.45) is 0 Å². The fourth-order valence-electron chi connectivity index (χ4n) is 4.69. The lowest BCUT2D eigenvalue weighted by Crippen LogP contribution is -2.32. The van der Waals surface area contributed by atoms with Crippen LogP contribution in [0.5, 0.6) is 5.75 Å². The standard InChI is InChI=1S/C23H17ClFN3O2/c24-16-5-3-4-13(20(16)25)8-12-9-14-15(10-26)18-17-6-1-2-7-28(17)23(30)19(18)22(29)21(14)27-11-12/h3-5,9,11,17,29H,1-2,6-8H2/t17-/m0/s1. The van der Waals surface area contributed by atoms with Gasteiger partial charge in [0.15, 0.2) is 5.75 Å². The number of benzene rings is 2. The SMILES string of the molecule is N#Cc1c2c(c(O)c3ncc(Cc4cccc(Cl)c4F)cc13)C(=O)N1CCCC[C@@H]21. The van der Waals surface area contributed by atoms with Crippen molar-refractivity contribution in [3.63, 3.8) is 0 Å². The van der Waals surface area contributed by atoms with Gasteiger partial charge in [-0.3, -0.25) is 9.78 Å². The molecule has 0 bridgehead atoms. The van der Waals surface area contributed by atoms with E-state index in [1.54, 1.807) is 23.1 Å². The van der Waals surface area contributed by atoms with Crippen molar-refractivity contribution < 1.29 is 14.3 Å². The number of aromatic hydroxyl groups is 1. The summed E-state index contributed by atoms with van der Waals surface area (Å²) in [7, 11) is 0. The number of aromatic nitrogens is 1. The first kappa shape index (κ1) is 18.8. The molecule has 2 aliphatic heterocycles. The van der Waals surface area contributed by atoms with Crippen LogP contribution in [0.15, 0.2) is 30.5 Å². The molecule has 0 aliphatic carbocycles. The molecule has 1 N–H and O–H groups in total. The molecule has 0 radical (unpaired) electrons. The van der Waals surface area contributed by atoms with Crippen LogP contribution < -0.4 is 0 Å². The minimum absolute atomic E-state index is 0.0466. The number of pyridine rings is 1. The minimum Gasteiger partial charge on any atom is -0.505 e. The van der Waals surface area contributed by atoms with Crippen molar-refractivity contribution >= 4 is 28.4 Å². The maximum atomic E-state index is 14.3. The van der Waals surface area contributed by atoms with Crippen LogP contribution in [-0.2, 0) is 6.42 Å². The summed E-state index contributed by atoms with van der Waals surface area (Å²) in [6, 6.07) is 8.60. The topological polar surface area (TPSA) is 77.2 Å². The molecule has 7 heteroatoms. The number of hydrogen-bond acceptors (Lipinski definition) is 4. The van der Waals surface area contributed by atoms with Crippen molar-refractivity contribution in [2.45, 2.75) is 31.7 Å². The molecule has 2 aliphatic rings. The summed E-state index contributed by atoms with van der Waals surface area (Å²) >= 11 is 5.88. The van der Waals surface area contributed by atoms with Gasteiger partial charge < -0.3 is 10.0 Å². The van der Waals surface area contributed by atoms with Crippen molar-refractivity contribution in [1.82, 2.24) is 9.88 Å². The van der Waals surface area contributed by atoms with E-state index >= 15 is 0 Å². The molecule has 3 heterocycles. The van der Waals surface area contributed by atoms with E-state index in [1.807, 2.05) is 0 Å². The molecule has 0 saturated carbocycles. The predicted molar refractivity (Wildman–Crippen MR) is 110 cm³/mol. The van der Waals surface area contributed by atoms with Crippen molar-refractivity contribution in [1.29, 1.82) is 5.26 Å². The number of hydrogen-bond donors (Lipinski definition) is 1. The van der Waals surface area contributed by atoms with E-state index in [2.05, 4.69) is 11.1 Å². The van der Waals surface area contributed by atoms with Gasteiger partial charge in [0.2, 0.25) is 0 Å². The van der Waals surface area contributed by atoms with Crippen LogP contribution in [0.2, 0.25) is 5.02 Å². The van der Waals surface area contributed by atoms with Gasteiger partial charge in [-0.1, -0.05) is 23.7 Å². The third-order valence-corrected chi connectivity index (χ3v) is 6.35. The lowest BCUT2D eigenvalue weighted by atomic mass is 9.90. The number of piperidine rings is 1. The van der Waals surface area contributed by atoms with E-state index in [0.717, 1.165) is 19.3 Å². The molecular formula is C23H17ClFN3O2. The summed E-state index contributed by atoms with van der Waals surface area (Å²) in [4.78, 5) is 19.0. The van der Waals surface area contributed by atoms with Gasteiger partial charge in [0.25, 0.3) is 5.91 Å². The average Bonchev–Trinajstić information content (AvgIpc) is 3.05. The Morgan fingerprint density at radius 3 is 3.00 bits per heavy atom. The molecule has 3 aromatic rings. The molecule has 30 heavy (non-hydrogen) atoms. The van der Waals surface area contributed by atoms with Crippen molar-refractivity contribution in [3.8, 4) is 11.8 Å². The number of fused-ring (bicyclic) bond motifs is 4. The lowest BCUT2D eigenvalue weighted by molar-refractivity contribution is 0.0670. The zero-order valence-corrected chi connectivity index (χ0v) is 16.7. The third-order valence-electron chi connectivity index (χ3n) is 6.06. The fraction of sp³-hybridized carbons (Fsp3) is 0.261. The highest BCUT2D eigenvalue weighted by molar-refractivity contribution is 6.30. The van der Waals surface area contributed by atoms with E-state index in [4.69, 9.17) is 11.6 Å².